The summed E-state index contributed by atoms with van der Waals surface area (Å²) in [6.07, 6.45) is -0.287. The van der Waals surface area contributed by atoms with Crippen molar-refractivity contribution in [3.63, 3.8) is 0 Å². The molecule has 0 saturated carbocycles. The summed E-state index contributed by atoms with van der Waals surface area (Å²) < 4.78 is 11.9. The van der Waals surface area contributed by atoms with E-state index in [0.717, 1.165) is 12.0 Å². The fourth-order valence-corrected chi connectivity index (χ4v) is 3.26. The van der Waals surface area contributed by atoms with E-state index in [1.165, 1.54) is 5.56 Å². The van der Waals surface area contributed by atoms with E-state index in [9.17, 15) is 10.2 Å². The van der Waals surface area contributed by atoms with E-state index >= 15 is 0 Å². The first kappa shape index (κ1) is 14.9. The predicted molar refractivity (Wildman–Crippen MR) is 75.5 cm³/mol. The molecule has 1 saturated heterocycles. The Morgan fingerprint density at radius 3 is 2.71 bits per heavy atom. The van der Waals surface area contributed by atoms with Gasteiger partial charge in [0, 0.05) is 19.4 Å². The van der Waals surface area contributed by atoms with E-state index in [1.807, 2.05) is 18.2 Å². The van der Waals surface area contributed by atoms with Crippen molar-refractivity contribution in [1.29, 1.82) is 0 Å². The molecule has 2 aliphatic heterocycles. The summed E-state index contributed by atoms with van der Waals surface area (Å²) in [5.74, 6) is -1.18. The van der Waals surface area contributed by atoms with Gasteiger partial charge in [0.2, 0.25) is 0 Å². The van der Waals surface area contributed by atoms with Crippen molar-refractivity contribution in [3.8, 4) is 0 Å². The average molecular weight is 294 g/mol. The Labute approximate surface area is 124 Å². The normalized spacial score (nSPS) is 36.2. The molecule has 1 aromatic rings. The van der Waals surface area contributed by atoms with Gasteiger partial charge < -0.3 is 24.8 Å². The van der Waals surface area contributed by atoms with E-state index in [-0.39, 0.29) is 12.7 Å². The summed E-state index contributed by atoms with van der Waals surface area (Å²) in [4.78, 5) is 0. The molecule has 2 aliphatic rings. The molecular weight excluding hydrogens is 272 g/mol. The molecule has 0 radical (unpaired) electrons. The quantitative estimate of drug-likeness (QED) is 0.750. The van der Waals surface area contributed by atoms with E-state index < -0.39 is 18.0 Å². The summed E-state index contributed by atoms with van der Waals surface area (Å²) in [5, 5.41) is 29.6. The molecule has 1 fully saturated rings. The zero-order chi connectivity index (χ0) is 14.9. The minimum atomic E-state index is -1.18. The van der Waals surface area contributed by atoms with Crippen molar-refractivity contribution in [2.75, 3.05) is 6.61 Å². The van der Waals surface area contributed by atoms with E-state index in [4.69, 9.17) is 14.6 Å². The number of benzene rings is 1. The van der Waals surface area contributed by atoms with Crippen LogP contribution in [0.2, 0.25) is 0 Å². The van der Waals surface area contributed by atoms with Gasteiger partial charge in [-0.05, 0) is 24.0 Å². The largest absolute Gasteiger partial charge is 0.396 e. The molecule has 0 unspecified atom stereocenters. The van der Waals surface area contributed by atoms with Gasteiger partial charge in [0.1, 0.15) is 6.10 Å². The molecule has 0 aromatic heterocycles. The third-order valence-corrected chi connectivity index (χ3v) is 4.47. The SMILES string of the molecule is OCC[C@H]1C[C@@H](O)[C@H](O)[C@]2(CCc3ccccc3CO2)O1. The zero-order valence-electron chi connectivity index (χ0n) is 11.9. The summed E-state index contributed by atoms with van der Waals surface area (Å²) >= 11 is 0. The van der Waals surface area contributed by atoms with Crippen LogP contribution in [-0.4, -0.2) is 46.0 Å². The van der Waals surface area contributed by atoms with Crippen molar-refractivity contribution in [3.05, 3.63) is 35.4 Å². The minimum absolute atomic E-state index is 0.0101. The van der Waals surface area contributed by atoms with Gasteiger partial charge in [-0.25, -0.2) is 0 Å². The Hall–Kier alpha value is -0.980. The highest BCUT2D eigenvalue weighted by Crippen LogP contribution is 2.38. The number of fused-ring (bicyclic) bond motifs is 1. The molecule has 3 N–H and O–H groups in total. The Morgan fingerprint density at radius 1 is 1.19 bits per heavy atom. The van der Waals surface area contributed by atoms with Gasteiger partial charge >= 0.3 is 0 Å². The first-order valence-corrected chi connectivity index (χ1v) is 7.50. The number of aliphatic hydroxyl groups is 3. The molecule has 0 bridgehead atoms. The van der Waals surface area contributed by atoms with Crippen LogP contribution in [0.4, 0.5) is 0 Å². The minimum Gasteiger partial charge on any atom is -0.396 e. The second kappa shape index (κ2) is 6.02. The lowest BCUT2D eigenvalue weighted by Crippen LogP contribution is -2.59. The van der Waals surface area contributed by atoms with Crippen molar-refractivity contribution in [2.24, 2.45) is 0 Å². The van der Waals surface area contributed by atoms with Gasteiger partial charge in [-0.15, -0.1) is 0 Å². The third-order valence-electron chi connectivity index (χ3n) is 4.47. The maximum atomic E-state index is 10.4. The molecule has 116 valence electrons. The summed E-state index contributed by atoms with van der Waals surface area (Å²) in [7, 11) is 0. The molecule has 4 atom stereocenters. The molecule has 3 rings (SSSR count). The Balaban J connectivity index is 1.82. The average Bonchev–Trinajstić information content (AvgIpc) is 2.67. The molecule has 21 heavy (non-hydrogen) atoms. The van der Waals surface area contributed by atoms with Gasteiger partial charge in [-0.1, -0.05) is 24.3 Å². The van der Waals surface area contributed by atoms with E-state index in [2.05, 4.69) is 6.07 Å². The predicted octanol–water partition coefficient (Wildman–Crippen LogP) is 0.739. The molecular formula is C16H22O5. The van der Waals surface area contributed by atoms with Gasteiger partial charge in [0.25, 0.3) is 0 Å². The lowest BCUT2D eigenvalue weighted by Gasteiger charge is -2.46. The fourth-order valence-electron chi connectivity index (χ4n) is 3.26. The topological polar surface area (TPSA) is 79.2 Å². The Morgan fingerprint density at radius 2 is 1.95 bits per heavy atom. The lowest BCUT2D eigenvalue weighted by molar-refractivity contribution is -0.346. The van der Waals surface area contributed by atoms with Crippen LogP contribution in [0.3, 0.4) is 0 Å². The highest BCUT2D eigenvalue weighted by atomic mass is 16.7. The summed E-state index contributed by atoms with van der Waals surface area (Å²) in [6.45, 7) is 0.343. The molecule has 0 aliphatic carbocycles. The van der Waals surface area contributed by atoms with Crippen LogP contribution in [0, 0.1) is 0 Å². The highest BCUT2D eigenvalue weighted by molar-refractivity contribution is 5.27. The number of hydrogen-bond donors (Lipinski definition) is 3. The number of aliphatic hydroxyl groups excluding tert-OH is 3. The Bertz CT molecular complexity index is 462. The van der Waals surface area contributed by atoms with Crippen molar-refractivity contribution in [2.45, 2.75) is 56.4 Å². The first-order valence-electron chi connectivity index (χ1n) is 7.50. The van der Waals surface area contributed by atoms with Crippen molar-refractivity contribution in [1.82, 2.24) is 0 Å². The number of hydrogen-bond acceptors (Lipinski definition) is 5. The number of ether oxygens (including phenoxy) is 2. The molecule has 2 heterocycles. The maximum Gasteiger partial charge on any atom is 0.197 e. The molecule has 5 nitrogen and oxygen atoms in total. The fraction of sp³-hybridized carbons (Fsp3) is 0.625. The molecule has 5 heteroatoms. The van der Waals surface area contributed by atoms with Gasteiger partial charge in [0.05, 0.1) is 18.8 Å². The van der Waals surface area contributed by atoms with Crippen LogP contribution in [0.1, 0.15) is 30.4 Å². The standard InChI is InChI=1S/C16H22O5/c17-8-6-13-9-14(18)15(19)16(21-13)7-5-11-3-1-2-4-12(11)10-20-16/h1-4,13-15,17-19H,5-10H2/t13-,14+,15-,16-/m0/s1. The second-order valence-corrected chi connectivity index (χ2v) is 5.87. The van der Waals surface area contributed by atoms with Crippen LogP contribution in [0.5, 0.6) is 0 Å². The molecule has 1 spiro atoms. The van der Waals surface area contributed by atoms with E-state index in [1.54, 1.807) is 0 Å². The number of rotatable bonds is 2. The van der Waals surface area contributed by atoms with Crippen LogP contribution >= 0.6 is 0 Å². The summed E-state index contributed by atoms with van der Waals surface area (Å²) in [6, 6.07) is 8.00. The van der Waals surface area contributed by atoms with Crippen LogP contribution in [0.25, 0.3) is 0 Å². The summed E-state index contributed by atoms with van der Waals surface area (Å²) in [5.41, 5.74) is 2.27. The monoisotopic (exact) mass is 294 g/mol. The third kappa shape index (κ3) is 2.84. The van der Waals surface area contributed by atoms with E-state index in [0.29, 0.717) is 25.9 Å². The smallest absolute Gasteiger partial charge is 0.197 e. The Kier molecular flexibility index (Phi) is 4.28. The molecule has 0 amide bonds. The van der Waals surface area contributed by atoms with Crippen LogP contribution in [-0.2, 0) is 22.5 Å². The van der Waals surface area contributed by atoms with Crippen LogP contribution < -0.4 is 0 Å². The van der Waals surface area contributed by atoms with Crippen molar-refractivity contribution < 1.29 is 24.8 Å². The second-order valence-electron chi connectivity index (χ2n) is 5.87. The van der Waals surface area contributed by atoms with Gasteiger partial charge in [-0.2, -0.15) is 0 Å². The maximum absolute atomic E-state index is 10.4. The zero-order valence-corrected chi connectivity index (χ0v) is 11.9. The highest BCUT2D eigenvalue weighted by Gasteiger charge is 2.50. The first-order chi connectivity index (χ1) is 10.1. The van der Waals surface area contributed by atoms with Crippen LogP contribution in [0.15, 0.2) is 24.3 Å². The van der Waals surface area contributed by atoms with Gasteiger partial charge in [-0.3, -0.25) is 0 Å². The number of aryl methyl sites for hydroxylation is 1. The van der Waals surface area contributed by atoms with Crippen molar-refractivity contribution >= 4 is 0 Å². The van der Waals surface area contributed by atoms with Gasteiger partial charge in [0.15, 0.2) is 5.79 Å². The molecule has 1 aromatic carbocycles. The lowest BCUT2D eigenvalue weighted by atomic mass is 9.90.